The molecular weight excluding hydrogens is 238 g/mol. The molecule has 0 saturated heterocycles. The van der Waals surface area contributed by atoms with Crippen molar-refractivity contribution in [2.45, 2.75) is 33.4 Å². The summed E-state index contributed by atoms with van der Waals surface area (Å²) < 4.78 is 11.1. The van der Waals surface area contributed by atoms with Gasteiger partial charge in [0.25, 0.3) is 0 Å². The molecule has 1 atom stereocenters. The number of hydrogen-bond donors (Lipinski definition) is 1. The van der Waals surface area contributed by atoms with E-state index in [1.54, 1.807) is 0 Å². The molecule has 0 fully saturated rings. The largest absolute Gasteiger partial charge is 0.494 e. The third kappa shape index (κ3) is 3.86. The fourth-order valence-corrected chi connectivity index (χ4v) is 1.97. The summed E-state index contributed by atoms with van der Waals surface area (Å²) in [6.07, 6.45) is 0. The van der Waals surface area contributed by atoms with Crippen LogP contribution in [0, 0.1) is 6.92 Å². The van der Waals surface area contributed by atoms with Gasteiger partial charge in [0.2, 0.25) is 0 Å². The first-order valence-electron chi connectivity index (χ1n) is 6.70. The third-order valence-electron chi connectivity index (χ3n) is 3.01. The molecule has 1 N–H and O–H groups in total. The Balaban J connectivity index is 1.93. The summed E-state index contributed by atoms with van der Waals surface area (Å²) in [5, 5.41) is 3.45. The van der Waals surface area contributed by atoms with Crippen LogP contribution in [0.2, 0.25) is 0 Å². The number of aryl methyl sites for hydroxylation is 1. The van der Waals surface area contributed by atoms with Crippen LogP contribution in [-0.2, 0) is 6.54 Å². The fourth-order valence-electron chi connectivity index (χ4n) is 1.97. The van der Waals surface area contributed by atoms with Crippen molar-refractivity contribution >= 4 is 0 Å². The summed E-state index contributed by atoms with van der Waals surface area (Å²) in [5.74, 6) is 2.84. The molecule has 1 aromatic heterocycles. The van der Waals surface area contributed by atoms with E-state index in [4.69, 9.17) is 9.15 Å². The average molecular weight is 259 g/mol. The van der Waals surface area contributed by atoms with Crippen molar-refractivity contribution in [1.82, 2.24) is 5.32 Å². The maximum absolute atomic E-state index is 5.61. The molecule has 0 aliphatic carbocycles. The molecule has 2 aromatic rings. The molecule has 0 saturated carbocycles. The number of furan rings is 1. The van der Waals surface area contributed by atoms with E-state index in [0.717, 1.165) is 23.8 Å². The molecule has 0 spiro atoms. The molecule has 1 heterocycles. The van der Waals surface area contributed by atoms with Crippen LogP contribution < -0.4 is 10.1 Å². The van der Waals surface area contributed by atoms with Gasteiger partial charge in [0.15, 0.2) is 0 Å². The first kappa shape index (κ1) is 13.7. The van der Waals surface area contributed by atoms with Gasteiger partial charge in [-0.2, -0.15) is 0 Å². The monoisotopic (exact) mass is 259 g/mol. The van der Waals surface area contributed by atoms with Gasteiger partial charge in [0.1, 0.15) is 17.3 Å². The van der Waals surface area contributed by atoms with Crippen molar-refractivity contribution in [1.29, 1.82) is 0 Å². The van der Waals surface area contributed by atoms with Gasteiger partial charge in [-0.25, -0.2) is 0 Å². The van der Waals surface area contributed by atoms with Crippen molar-refractivity contribution < 1.29 is 9.15 Å². The van der Waals surface area contributed by atoms with Crippen LogP contribution in [-0.4, -0.2) is 6.61 Å². The molecular formula is C16H21NO2. The minimum atomic E-state index is 0.199. The standard InChI is InChI=1S/C16H21NO2/c1-4-18-15-7-5-6-14(10-15)11-17-13(3)16-9-8-12(2)19-16/h5-10,13,17H,4,11H2,1-3H3. The van der Waals surface area contributed by atoms with E-state index >= 15 is 0 Å². The van der Waals surface area contributed by atoms with E-state index in [-0.39, 0.29) is 6.04 Å². The Labute approximate surface area is 114 Å². The molecule has 0 aliphatic rings. The lowest BCUT2D eigenvalue weighted by Crippen LogP contribution is -2.17. The quantitative estimate of drug-likeness (QED) is 0.856. The lowest BCUT2D eigenvalue weighted by atomic mass is 10.2. The average Bonchev–Trinajstić information content (AvgIpc) is 2.84. The van der Waals surface area contributed by atoms with Crippen LogP contribution in [0.5, 0.6) is 5.75 Å². The van der Waals surface area contributed by atoms with Crippen molar-refractivity contribution in [3.8, 4) is 5.75 Å². The van der Waals surface area contributed by atoms with Crippen molar-refractivity contribution in [2.75, 3.05) is 6.61 Å². The minimum Gasteiger partial charge on any atom is -0.494 e. The van der Waals surface area contributed by atoms with Gasteiger partial charge in [-0.1, -0.05) is 12.1 Å². The summed E-state index contributed by atoms with van der Waals surface area (Å²) in [6, 6.07) is 12.4. The van der Waals surface area contributed by atoms with E-state index in [2.05, 4.69) is 24.4 Å². The topological polar surface area (TPSA) is 34.4 Å². The number of ether oxygens (including phenoxy) is 1. The normalized spacial score (nSPS) is 12.4. The number of rotatable bonds is 6. The molecule has 0 radical (unpaired) electrons. The molecule has 3 heteroatoms. The molecule has 1 unspecified atom stereocenters. The molecule has 1 aromatic carbocycles. The number of benzene rings is 1. The van der Waals surface area contributed by atoms with E-state index < -0.39 is 0 Å². The zero-order chi connectivity index (χ0) is 13.7. The molecule has 0 aliphatic heterocycles. The zero-order valence-electron chi connectivity index (χ0n) is 11.8. The Morgan fingerprint density at radius 1 is 1.26 bits per heavy atom. The van der Waals surface area contributed by atoms with Gasteiger partial charge in [0, 0.05) is 6.54 Å². The summed E-state index contributed by atoms with van der Waals surface area (Å²) in [7, 11) is 0. The second-order valence-corrected chi connectivity index (χ2v) is 4.63. The van der Waals surface area contributed by atoms with Gasteiger partial charge < -0.3 is 14.5 Å². The van der Waals surface area contributed by atoms with Crippen LogP contribution in [0.1, 0.15) is 37.0 Å². The fraction of sp³-hybridized carbons (Fsp3) is 0.375. The highest BCUT2D eigenvalue weighted by Crippen LogP contribution is 2.17. The predicted molar refractivity (Wildman–Crippen MR) is 76.3 cm³/mol. The van der Waals surface area contributed by atoms with Gasteiger partial charge in [0.05, 0.1) is 12.6 Å². The minimum absolute atomic E-state index is 0.199. The molecule has 2 rings (SSSR count). The maximum atomic E-state index is 5.61. The van der Waals surface area contributed by atoms with Crippen LogP contribution in [0.15, 0.2) is 40.8 Å². The van der Waals surface area contributed by atoms with Crippen LogP contribution in [0.25, 0.3) is 0 Å². The zero-order valence-corrected chi connectivity index (χ0v) is 11.8. The van der Waals surface area contributed by atoms with Crippen LogP contribution in [0.3, 0.4) is 0 Å². The molecule has 3 nitrogen and oxygen atoms in total. The third-order valence-corrected chi connectivity index (χ3v) is 3.01. The van der Waals surface area contributed by atoms with Crippen molar-refractivity contribution in [3.05, 3.63) is 53.5 Å². The Morgan fingerprint density at radius 3 is 2.79 bits per heavy atom. The van der Waals surface area contributed by atoms with Gasteiger partial charge >= 0.3 is 0 Å². The first-order valence-corrected chi connectivity index (χ1v) is 6.70. The summed E-state index contributed by atoms with van der Waals surface area (Å²) in [5.41, 5.74) is 1.21. The van der Waals surface area contributed by atoms with Crippen LogP contribution in [0.4, 0.5) is 0 Å². The Morgan fingerprint density at radius 2 is 2.11 bits per heavy atom. The summed E-state index contributed by atoms with van der Waals surface area (Å²) >= 11 is 0. The predicted octanol–water partition coefficient (Wildman–Crippen LogP) is 3.84. The lowest BCUT2D eigenvalue weighted by Gasteiger charge is -2.12. The van der Waals surface area contributed by atoms with Crippen molar-refractivity contribution in [3.63, 3.8) is 0 Å². The lowest BCUT2D eigenvalue weighted by molar-refractivity contribution is 0.339. The van der Waals surface area contributed by atoms with Gasteiger partial charge in [-0.15, -0.1) is 0 Å². The second kappa shape index (κ2) is 6.43. The van der Waals surface area contributed by atoms with Crippen LogP contribution >= 0.6 is 0 Å². The van der Waals surface area contributed by atoms with Crippen molar-refractivity contribution in [2.24, 2.45) is 0 Å². The molecule has 19 heavy (non-hydrogen) atoms. The highest BCUT2D eigenvalue weighted by atomic mass is 16.5. The van der Waals surface area contributed by atoms with E-state index in [1.165, 1.54) is 5.56 Å². The SMILES string of the molecule is CCOc1cccc(CNC(C)c2ccc(C)o2)c1. The highest BCUT2D eigenvalue weighted by Gasteiger charge is 2.08. The molecule has 102 valence electrons. The maximum Gasteiger partial charge on any atom is 0.120 e. The van der Waals surface area contributed by atoms with E-state index in [0.29, 0.717) is 6.61 Å². The smallest absolute Gasteiger partial charge is 0.120 e. The molecule has 0 bridgehead atoms. The van der Waals surface area contributed by atoms with E-state index in [9.17, 15) is 0 Å². The summed E-state index contributed by atoms with van der Waals surface area (Å²) in [4.78, 5) is 0. The van der Waals surface area contributed by atoms with Gasteiger partial charge in [-0.05, 0) is 50.6 Å². The Bertz CT molecular complexity index is 519. The number of hydrogen-bond acceptors (Lipinski definition) is 3. The number of nitrogens with one attached hydrogen (secondary N) is 1. The Kier molecular flexibility index (Phi) is 4.63. The second-order valence-electron chi connectivity index (χ2n) is 4.63. The Hall–Kier alpha value is -1.74. The van der Waals surface area contributed by atoms with E-state index in [1.807, 2.05) is 38.1 Å². The highest BCUT2D eigenvalue weighted by molar-refractivity contribution is 5.28. The van der Waals surface area contributed by atoms with Gasteiger partial charge in [-0.3, -0.25) is 0 Å². The summed E-state index contributed by atoms with van der Waals surface area (Å²) in [6.45, 7) is 7.54. The first-order chi connectivity index (χ1) is 9.19. The molecule has 0 amide bonds.